The molecule has 4 bridgehead atoms. The molecule has 4 saturated carbocycles. The second kappa shape index (κ2) is 14.4. The van der Waals surface area contributed by atoms with Crippen molar-refractivity contribution in [2.24, 2.45) is 23.7 Å². The molecular weight excluding hydrogens is 843 g/mol. The molecule has 0 N–H and O–H groups in total. The van der Waals surface area contributed by atoms with E-state index >= 15 is 0 Å². The Kier molecular flexibility index (Phi) is 8.24. The Hall–Kier alpha value is -7.63. The van der Waals surface area contributed by atoms with Crippen LogP contribution >= 0.6 is 0 Å². The van der Waals surface area contributed by atoms with E-state index in [2.05, 4.69) is 178 Å². The summed E-state index contributed by atoms with van der Waals surface area (Å²) in [5.74, 6) is 6.84. The predicted octanol–water partition coefficient (Wildman–Crippen LogP) is 16.3. The largest absolute Gasteiger partial charge is 0.456 e. The van der Waals surface area contributed by atoms with E-state index in [0.717, 1.165) is 78.7 Å². The van der Waals surface area contributed by atoms with Crippen molar-refractivity contribution in [2.45, 2.75) is 56.8 Å². The lowest BCUT2D eigenvalue weighted by Crippen LogP contribution is -2.55. The summed E-state index contributed by atoms with van der Waals surface area (Å²) in [5.41, 5.74) is 16.8. The van der Waals surface area contributed by atoms with E-state index in [9.17, 15) is 0 Å². The fraction of sp³-hybridized carbons (Fsp3) is 0.203. The predicted molar refractivity (Wildman–Crippen MR) is 276 cm³/mol. The first-order chi connectivity index (χ1) is 33.9. The van der Waals surface area contributed by atoms with Gasteiger partial charge in [0.1, 0.15) is 22.7 Å². The summed E-state index contributed by atoms with van der Waals surface area (Å²) in [5, 5.41) is 2.22. The van der Waals surface area contributed by atoms with Crippen molar-refractivity contribution in [1.82, 2.24) is 15.0 Å². The van der Waals surface area contributed by atoms with E-state index in [1.165, 1.54) is 71.0 Å². The van der Waals surface area contributed by atoms with Crippen LogP contribution in [0.2, 0.25) is 0 Å². The number of ether oxygens (including phenoxy) is 1. The number of rotatable bonds is 5. The van der Waals surface area contributed by atoms with Crippen molar-refractivity contribution < 1.29 is 9.15 Å². The zero-order valence-corrected chi connectivity index (χ0v) is 38.7. The maximum absolute atomic E-state index is 7.24. The van der Waals surface area contributed by atoms with Crippen LogP contribution in [-0.4, -0.2) is 15.0 Å². The molecule has 0 radical (unpaired) electrons. The first-order valence-electron chi connectivity index (χ1n) is 24.9. The highest BCUT2D eigenvalue weighted by Gasteiger charge is 2.63. The summed E-state index contributed by atoms with van der Waals surface area (Å²) in [6, 6.07) is 63.0. The molecule has 332 valence electrons. The Morgan fingerprint density at radius 1 is 0.435 bits per heavy atom. The molecule has 2 aromatic heterocycles. The van der Waals surface area contributed by atoms with E-state index in [-0.39, 0.29) is 10.8 Å². The van der Waals surface area contributed by atoms with Gasteiger partial charge in [-0.05, 0) is 113 Å². The molecule has 69 heavy (non-hydrogen) atoms. The number of hydrogen-bond acceptors (Lipinski definition) is 5. The molecule has 0 atom stereocenters. The van der Waals surface area contributed by atoms with Crippen LogP contribution in [0.15, 0.2) is 180 Å². The van der Waals surface area contributed by atoms with Crippen LogP contribution in [0, 0.1) is 23.7 Å². The zero-order chi connectivity index (χ0) is 45.6. The van der Waals surface area contributed by atoms with Gasteiger partial charge < -0.3 is 9.15 Å². The van der Waals surface area contributed by atoms with Crippen LogP contribution in [0.4, 0.5) is 0 Å². The smallest absolute Gasteiger partial charge is 0.164 e. The molecule has 5 nitrogen and oxygen atoms in total. The molecular formula is C64H49N3O2. The number of nitrogens with zero attached hydrogens (tertiary/aromatic N) is 3. The Morgan fingerprint density at radius 3 is 1.83 bits per heavy atom. The van der Waals surface area contributed by atoms with Crippen LogP contribution in [0.25, 0.3) is 89.5 Å². The third kappa shape index (κ3) is 5.68. The molecule has 5 heteroatoms. The van der Waals surface area contributed by atoms with Crippen molar-refractivity contribution in [3.05, 3.63) is 198 Å². The maximum atomic E-state index is 7.24. The SMILES string of the molecule is CC1(C)c2ccccc2Oc2c1ccc1c2C2(c3ccc(-c4nc(-c5ccc(-c6ccccc6)cc5)nc(-c5cccc(-c6cccc7c6oc6ccccc67)c5)n4)cc3-1)C1CC3CC(C1)CC2C3. The van der Waals surface area contributed by atoms with Gasteiger partial charge in [-0.3, -0.25) is 0 Å². The molecule has 1 aliphatic heterocycles. The number of hydrogen-bond donors (Lipinski definition) is 0. The fourth-order valence-corrected chi connectivity index (χ4v) is 14.3. The topological polar surface area (TPSA) is 61.0 Å². The van der Waals surface area contributed by atoms with Crippen LogP contribution < -0.4 is 4.74 Å². The summed E-state index contributed by atoms with van der Waals surface area (Å²) >= 11 is 0. The number of fused-ring (bicyclic) bond motifs is 9. The standard InChI is InChI=1S/C64H49N3O2/c1-63(2)53-19-7-9-21-56(53)69-59-54(63)29-27-49-51-36-44(26-28-52(51)64(57(49)59)45-31-37-30-38(33-45)34-46(64)32-37)62-66-60(41-24-22-40(23-25-41)39-12-4-3-5-13-39)65-61(67-62)43-15-10-14-42(35-43)47-17-11-18-50-48-16-6-8-20-55(48)68-58(47)50/h3-29,35-38,45-46H,30-34H2,1-2H3. The lowest BCUT2D eigenvalue weighted by molar-refractivity contribution is -0.0406. The number of aromatic nitrogens is 3. The van der Waals surface area contributed by atoms with E-state index in [4.69, 9.17) is 24.1 Å². The first-order valence-corrected chi connectivity index (χ1v) is 24.9. The molecule has 1 spiro atoms. The summed E-state index contributed by atoms with van der Waals surface area (Å²) in [6.07, 6.45) is 6.59. The Bertz CT molecular complexity index is 3720. The minimum atomic E-state index is -0.195. The monoisotopic (exact) mass is 891 g/mol. The molecule has 16 rings (SSSR count). The van der Waals surface area contributed by atoms with Gasteiger partial charge in [0, 0.05) is 60.5 Å². The highest BCUT2D eigenvalue weighted by Crippen LogP contribution is 2.72. The second-order valence-corrected chi connectivity index (χ2v) is 21.1. The number of furan rings is 1. The van der Waals surface area contributed by atoms with Gasteiger partial charge in [-0.1, -0.05) is 166 Å². The molecule has 0 unspecified atom stereocenters. The molecule has 0 amide bonds. The van der Waals surface area contributed by atoms with Crippen LogP contribution in [0.5, 0.6) is 11.5 Å². The average molecular weight is 892 g/mol. The van der Waals surface area contributed by atoms with Gasteiger partial charge >= 0.3 is 0 Å². The van der Waals surface area contributed by atoms with Gasteiger partial charge in [-0.2, -0.15) is 0 Å². The van der Waals surface area contributed by atoms with E-state index < -0.39 is 0 Å². The van der Waals surface area contributed by atoms with Crippen molar-refractivity contribution in [1.29, 1.82) is 0 Å². The quantitative estimate of drug-likeness (QED) is 0.172. The summed E-state index contributed by atoms with van der Waals surface area (Å²) in [7, 11) is 0. The third-order valence-electron chi connectivity index (χ3n) is 17.2. The van der Waals surface area contributed by atoms with Crippen LogP contribution in [-0.2, 0) is 10.8 Å². The van der Waals surface area contributed by atoms with Gasteiger partial charge in [-0.25, -0.2) is 15.0 Å². The molecule has 3 heterocycles. The molecule has 5 aliphatic carbocycles. The molecule has 0 saturated heterocycles. The van der Waals surface area contributed by atoms with Crippen molar-refractivity contribution in [3.8, 4) is 79.0 Å². The van der Waals surface area contributed by atoms with Crippen molar-refractivity contribution >= 4 is 21.9 Å². The fourth-order valence-electron chi connectivity index (χ4n) is 14.3. The highest BCUT2D eigenvalue weighted by molar-refractivity contribution is 6.09. The summed E-state index contributed by atoms with van der Waals surface area (Å²) in [4.78, 5) is 16.0. The molecule has 4 fully saturated rings. The van der Waals surface area contributed by atoms with Gasteiger partial charge in [0.2, 0.25) is 0 Å². The Morgan fingerprint density at radius 2 is 1.03 bits per heavy atom. The van der Waals surface area contributed by atoms with Crippen LogP contribution in [0.3, 0.4) is 0 Å². The highest BCUT2D eigenvalue weighted by atomic mass is 16.5. The Labute approximate surface area is 401 Å². The lowest BCUT2D eigenvalue weighted by Gasteiger charge is -2.61. The van der Waals surface area contributed by atoms with Gasteiger partial charge in [0.05, 0.1) is 0 Å². The normalized spacial score (nSPS) is 22.1. The second-order valence-electron chi connectivity index (χ2n) is 21.1. The van der Waals surface area contributed by atoms with Gasteiger partial charge in [0.15, 0.2) is 17.5 Å². The third-order valence-corrected chi connectivity index (χ3v) is 17.2. The minimum absolute atomic E-state index is 0.0939. The summed E-state index contributed by atoms with van der Waals surface area (Å²) in [6.45, 7) is 4.76. The maximum Gasteiger partial charge on any atom is 0.164 e. The molecule has 10 aromatic rings. The molecule has 8 aromatic carbocycles. The van der Waals surface area contributed by atoms with Crippen molar-refractivity contribution in [3.63, 3.8) is 0 Å². The minimum Gasteiger partial charge on any atom is -0.456 e. The van der Waals surface area contributed by atoms with E-state index in [1.54, 1.807) is 0 Å². The summed E-state index contributed by atoms with van der Waals surface area (Å²) < 4.78 is 13.8. The van der Waals surface area contributed by atoms with Crippen LogP contribution in [0.1, 0.15) is 68.2 Å². The van der Waals surface area contributed by atoms with Gasteiger partial charge in [0.25, 0.3) is 0 Å². The molecule has 6 aliphatic rings. The Balaban J connectivity index is 0.910. The van der Waals surface area contributed by atoms with Crippen molar-refractivity contribution in [2.75, 3.05) is 0 Å². The first kappa shape index (κ1) is 39.4. The number of benzene rings is 8. The van der Waals surface area contributed by atoms with E-state index in [1.807, 2.05) is 12.1 Å². The zero-order valence-electron chi connectivity index (χ0n) is 38.7. The average Bonchev–Trinajstić information content (AvgIpc) is 3.92. The lowest BCUT2D eigenvalue weighted by atomic mass is 9.43. The van der Waals surface area contributed by atoms with Gasteiger partial charge in [-0.15, -0.1) is 0 Å². The van der Waals surface area contributed by atoms with E-state index in [0.29, 0.717) is 29.3 Å². The number of para-hydroxylation sites is 3.